The molecule has 0 aliphatic heterocycles. The Morgan fingerprint density at radius 2 is 0.857 bits per heavy atom. The molecule has 0 saturated heterocycles. The zero-order valence-electron chi connectivity index (χ0n) is 14.9. The molecule has 0 saturated carbocycles. The fourth-order valence-electron chi connectivity index (χ4n) is 3.17. The Balaban J connectivity index is 1.54. The maximum Gasteiger partial charge on any atom is 0.0841 e. The first-order chi connectivity index (χ1) is 13.9. The summed E-state index contributed by atoms with van der Waals surface area (Å²) >= 11 is 3.53. The second kappa shape index (κ2) is 7.66. The van der Waals surface area contributed by atoms with E-state index in [2.05, 4.69) is 82.8 Å². The van der Waals surface area contributed by atoms with Crippen LogP contribution in [0.5, 0.6) is 0 Å². The first-order valence-electron chi connectivity index (χ1n) is 9.01. The van der Waals surface area contributed by atoms with Gasteiger partial charge in [-0.2, -0.15) is 0 Å². The highest BCUT2D eigenvalue weighted by Gasteiger charge is 2.11. The number of fused-ring (bicyclic) bond motifs is 2. The molecule has 5 rings (SSSR count). The van der Waals surface area contributed by atoms with E-state index in [1.165, 1.54) is 19.6 Å². The average molecular weight is 397 g/mol. The van der Waals surface area contributed by atoms with Gasteiger partial charge in [-0.15, -0.1) is 0 Å². The van der Waals surface area contributed by atoms with Crippen LogP contribution in [-0.2, 0) is 0 Å². The molecule has 2 heterocycles. The highest BCUT2D eigenvalue weighted by molar-refractivity contribution is 8.02. The minimum absolute atomic E-state index is 1.04. The lowest BCUT2D eigenvalue weighted by molar-refractivity contribution is 1.23. The Bertz CT molecular complexity index is 1170. The van der Waals surface area contributed by atoms with Gasteiger partial charge in [-0.3, -0.25) is 9.97 Å². The number of pyridine rings is 2. The van der Waals surface area contributed by atoms with Gasteiger partial charge in [0, 0.05) is 42.7 Å². The van der Waals surface area contributed by atoms with E-state index in [1.54, 1.807) is 23.5 Å². The maximum absolute atomic E-state index is 4.59. The van der Waals surface area contributed by atoms with Crippen LogP contribution in [0.15, 0.2) is 117 Å². The first kappa shape index (κ1) is 17.3. The standard InChI is InChI=1S/C24H16N2S2/c1-2-12-20(28-22-14-4-8-18-10-6-16-26-24(18)22)19(11-1)27-21-13-3-7-17-9-5-15-25-23(17)21/h1-16H. The molecule has 0 spiro atoms. The van der Waals surface area contributed by atoms with Gasteiger partial charge >= 0.3 is 0 Å². The predicted octanol–water partition coefficient (Wildman–Crippen LogP) is 7.09. The Kier molecular flexibility index (Phi) is 4.73. The molecular weight excluding hydrogens is 380 g/mol. The fraction of sp³-hybridized carbons (Fsp3) is 0. The van der Waals surface area contributed by atoms with Crippen molar-refractivity contribution in [2.75, 3.05) is 0 Å². The Morgan fingerprint density at radius 3 is 1.36 bits per heavy atom. The monoisotopic (exact) mass is 396 g/mol. The molecule has 0 radical (unpaired) electrons. The summed E-state index contributed by atoms with van der Waals surface area (Å²) in [6.45, 7) is 0. The third kappa shape index (κ3) is 3.37. The van der Waals surface area contributed by atoms with Gasteiger partial charge in [0.25, 0.3) is 0 Å². The summed E-state index contributed by atoms with van der Waals surface area (Å²) in [5, 5.41) is 2.33. The minimum Gasteiger partial charge on any atom is -0.255 e. The highest BCUT2D eigenvalue weighted by Crippen LogP contribution is 2.41. The Labute approximate surface area is 172 Å². The number of para-hydroxylation sites is 2. The quantitative estimate of drug-likeness (QED) is 0.324. The summed E-state index contributed by atoms with van der Waals surface area (Å²) < 4.78 is 0. The molecule has 134 valence electrons. The Morgan fingerprint density at radius 1 is 0.429 bits per heavy atom. The van der Waals surface area contributed by atoms with Gasteiger partial charge in [-0.05, 0) is 36.4 Å². The topological polar surface area (TPSA) is 25.8 Å². The molecule has 0 aliphatic carbocycles. The fourth-order valence-corrected chi connectivity index (χ4v) is 5.35. The van der Waals surface area contributed by atoms with Crippen molar-refractivity contribution in [1.82, 2.24) is 9.97 Å². The van der Waals surface area contributed by atoms with Crippen molar-refractivity contribution in [1.29, 1.82) is 0 Å². The van der Waals surface area contributed by atoms with Crippen molar-refractivity contribution >= 4 is 45.3 Å². The lowest BCUT2D eigenvalue weighted by Crippen LogP contribution is -1.85. The molecule has 0 N–H and O–H groups in total. The third-order valence-corrected chi connectivity index (χ3v) is 6.86. The third-order valence-electron chi connectivity index (χ3n) is 4.48. The summed E-state index contributed by atoms with van der Waals surface area (Å²) in [5.74, 6) is 0. The summed E-state index contributed by atoms with van der Waals surface area (Å²) in [5.41, 5.74) is 2.09. The number of nitrogens with zero attached hydrogens (tertiary/aromatic N) is 2. The van der Waals surface area contributed by atoms with Gasteiger partial charge in [-0.25, -0.2) is 0 Å². The van der Waals surface area contributed by atoms with Crippen LogP contribution in [0.2, 0.25) is 0 Å². The molecular formula is C24H16N2S2. The molecule has 4 heteroatoms. The molecule has 0 atom stereocenters. The average Bonchev–Trinajstić information content (AvgIpc) is 2.76. The number of aromatic nitrogens is 2. The van der Waals surface area contributed by atoms with Crippen molar-refractivity contribution in [2.45, 2.75) is 19.6 Å². The van der Waals surface area contributed by atoms with Gasteiger partial charge in [0.2, 0.25) is 0 Å². The molecule has 0 aliphatic rings. The molecule has 3 aromatic carbocycles. The van der Waals surface area contributed by atoms with Gasteiger partial charge < -0.3 is 0 Å². The van der Waals surface area contributed by atoms with E-state index in [9.17, 15) is 0 Å². The van der Waals surface area contributed by atoms with Crippen LogP contribution in [0.25, 0.3) is 21.8 Å². The Hall–Kier alpha value is -2.82. The SMILES string of the molecule is c1ccc(Sc2cccc3cccnc23)c(Sc2cccc3cccnc23)c1. The van der Waals surface area contributed by atoms with Gasteiger partial charge in [0.1, 0.15) is 0 Å². The van der Waals surface area contributed by atoms with Gasteiger partial charge in [0.15, 0.2) is 0 Å². The van der Waals surface area contributed by atoms with Crippen LogP contribution in [-0.4, -0.2) is 9.97 Å². The lowest BCUT2D eigenvalue weighted by Gasteiger charge is -2.11. The summed E-state index contributed by atoms with van der Waals surface area (Å²) in [6.07, 6.45) is 3.71. The second-order valence-electron chi connectivity index (χ2n) is 6.31. The summed E-state index contributed by atoms with van der Waals surface area (Å²) in [4.78, 5) is 14.0. The van der Waals surface area contributed by atoms with E-state index in [1.807, 2.05) is 24.5 Å². The van der Waals surface area contributed by atoms with E-state index in [0.717, 1.165) is 21.8 Å². The van der Waals surface area contributed by atoms with Crippen LogP contribution in [0.4, 0.5) is 0 Å². The lowest BCUT2D eigenvalue weighted by atomic mass is 10.2. The summed E-state index contributed by atoms with van der Waals surface area (Å²) in [6, 6.07) is 29.4. The number of hydrogen-bond acceptors (Lipinski definition) is 4. The van der Waals surface area contributed by atoms with Crippen molar-refractivity contribution in [2.24, 2.45) is 0 Å². The van der Waals surface area contributed by atoms with Gasteiger partial charge in [0.05, 0.1) is 11.0 Å². The molecule has 28 heavy (non-hydrogen) atoms. The molecule has 0 amide bonds. The van der Waals surface area contributed by atoms with Gasteiger partial charge in [-0.1, -0.05) is 72.1 Å². The predicted molar refractivity (Wildman–Crippen MR) is 118 cm³/mol. The van der Waals surface area contributed by atoms with Crippen molar-refractivity contribution < 1.29 is 0 Å². The highest BCUT2D eigenvalue weighted by atomic mass is 32.2. The molecule has 5 aromatic rings. The number of benzene rings is 3. The largest absolute Gasteiger partial charge is 0.255 e. The molecule has 0 bridgehead atoms. The van der Waals surface area contributed by atoms with Crippen LogP contribution in [0, 0.1) is 0 Å². The van der Waals surface area contributed by atoms with Crippen LogP contribution in [0.1, 0.15) is 0 Å². The molecule has 2 nitrogen and oxygen atoms in total. The van der Waals surface area contributed by atoms with Crippen molar-refractivity contribution in [3.63, 3.8) is 0 Å². The van der Waals surface area contributed by atoms with Crippen molar-refractivity contribution in [3.8, 4) is 0 Å². The molecule has 0 fully saturated rings. The zero-order valence-corrected chi connectivity index (χ0v) is 16.6. The smallest absolute Gasteiger partial charge is 0.0841 e. The van der Waals surface area contributed by atoms with E-state index in [-0.39, 0.29) is 0 Å². The zero-order chi connectivity index (χ0) is 18.8. The van der Waals surface area contributed by atoms with Crippen molar-refractivity contribution in [3.05, 3.63) is 97.3 Å². The van der Waals surface area contributed by atoms with E-state index >= 15 is 0 Å². The van der Waals surface area contributed by atoms with E-state index in [0.29, 0.717) is 0 Å². The number of hydrogen-bond donors (Lipinski definition) is 0. The summed E-state index contributed by atoms with van der Waals surface area (Å²) in [7, 11) is 0. The molecule has 2 aromatic heterocycles. The van der Waals surface area contributed by atoms with Crippen LogP contribution < -0.4 is 0 Å². The maximum atomic E-state index is 4.59. The number of rotatable bonds is 4. The van der Waals surface area contributed by atoms with Crippen LogP contribution >= 0.6 is 23.5 Å². The van der Waals surface area contributed by atoms with E-state index in [4.69, 9.17) is 0 Å². The molecule has 0 unspecified atom stereocenters. The van der Waals surface area contributed by atoms with E-state index < -0.39 is 0 Å². The van der Waals surface area contributed by atoms with Crippen LogP contribution in [0.3, 0.4) is 0 Å². The second-order valence-corrected chi connectivity index (χ2v) is 8.48. The normalized spacial score (nSPS) is 11.1. The minimum atomic E-state index is 1.04. The first-order valence-corrected chi connectivity index (χ1v) is 10.6.